The second-order valence-corrected chi connectivity index (χ2v) is 6.32. The van der Waals surface area contributed by atoms with Crippen LogP contribution < -0.4 is 10.1 Å². The van der Waals surface area contributed by atoms with Crippen molar-refractivity contribution in [3.8, 4) is 28.6 Å². The standard InChI is InChI=1S/C21H18N4O3/c1-12-9-16(14-10-22-21(23-11-14)18-5-4-8-28-18)25-20-17(27-3)7-6-15(19(12)20)24-13(2)26/h4-11H,1-3H3,(H,24,26). The van der Waals surface area contributed by atoms with Crippen LogP contribution in [0.25, 0.3) is 33.7 Å². The van der Waals surface area contributed by atoms with Crippen molar-refractivity contribution in [2.24, 2.45) is 0 Å². The Hall–Kier alpha value is -3.74. The van der Waals surface area contributed by atoms with E-state index in [-0.39, 0.29) is 5.91 Å². The van der Waals surface area contributed by atoms with Crippen molar-refractivity contribution in [1.29, 1.82) is 0 Å². The molecule has 7 nitrogen and oxygen atoms in total. The van der Waals surface area contributed by atoms with E-state index in [4.69, 9.17) is 14.1 Å². The fourth-order valence-corrected chi connectivity index (χ4v) is 3.11. The summed E-state index contributed by atoms with van der Waals surface area (Å²) in [6.45, 7) is 3.45. The molecule has 4 aromatic rings. The summed E-state index contributed by atoms with van der Waals surface area (Å²) in [5.41, 5.74) is 3.81. The third-order valence-corrected chi connectivity index (χ3v) is 4.34. The maximum Gasteiger partial charge on any atom is 0.221 e. The van der Waals surface area contributed by atoms with Crippen LogP contribution in [-0.4, -0.2) is 28.0 Å². The zero-order valence-corrected chi connectivity index (χ0v) is 15.7. The lowest BCUT2D eigenvalue weighted by Gasteiger charge is -2.14. The zero-order valence-electron chi connectivity index (χ0n) is 15.7. The summed E-state index contributed by atoms with van der Waals surface area (Å²) in [7, 11) is 1.60. The Morgan fingerprint density at radius 2 is 1.96 bits per heavy atom. The molecule has 3 aromatic heterocycles. The van der Waals surface area contributed by atoms with Gasteiger partial charge in [0.2, 0.25) is 5.91 Å². The van der Waals surface area contributed by atoms with Gasteiger partial charge >= 0.3 is 0 Å². The number of aromatic nitrogens is 3. The number of benzene rings is 1. The highest BCUT2D eigenvalue weighted by Crippen LogP contribution is 2.35. The van der Waals surface area contributed by atoms with Gasteiger partial charge < -0.3 is 14.5 Å². The lowest BCUT2D eigenvalue weighted by Crippen LogP contribution is -2.07. The number of pyridine rings is 1. The van der Waals surface area contributed by atoms with Crippen LogP contribution in [0.1, 0.15) is 12.5 Å². The molecule has 0 unspecified atom stereocenters. The van der Waals surface area contributed by atoms with Gasteiger partial charge in [-0.3, -0.25) is 4.79 Å². The smallest absolute Gasteiger partial charge is 0.221 e. The Labute approximate surface area is 161 Å². The minimum atomic E-state index is -0.142. The van der Waals surface area contributed by atoms with Crippen molar-refractivity contribution in [1.82, 2.24) is 15.0 Å². The van der Waals surface area contributed by atoms with Gasteiger partial charge in [0, 0.05) is 30.3 Å². The molecule has 140 valence electrons. The SMILES string of the molecule is COc1ccc(NC(C)=O)c2c(C)cc(-c3cnc(-c4ccco4)nc3)nc12. The van der Waals surface area contributed by atoms with E-state index < -0.39 is 0 Å². The molecule has 0 aliphatic carbocycles. The lowest BCUT2D eigenvalue weighted by atomic mass is 10.0. The number of anilines is 1. The van der Waals surface area contributed by atoms with Crippen LogP contribution in [0.3, 0.4) is 0 Å². The van der Waals surface area contributed by atoms with E-state index in [1.165, 1.54) is 6.92 Å². The predicted molar refractivity (Wildman–Crippen MR) is 106 cm³/mol. The Kier molecular flexibility index (Phi) is 4.49. The van der Waals surface area contributed by atoms with E-state index in [2.05, 4.69) is 15.3 Å². The topological polar surface area (TPSA) is 90.1 Å². The van der Waals surface area contributed by atoms with Crippen LogP contribution >= 0.6 is 0 Å². The first-order chi connectivity index (χ1) is 13.6. The monoisotopic (exact) mass is 374 g/mol. The summed E-state index contributed by atoms with van der Waals surface area (Å²) in [4.78, 5) is 25.1. The Balaban J connectivity index is 1.83. The number of aryl methyl sites for hydroxylation is 1. The summed E-state index contributed by atoms with van der Waals surface area (Å²) in [5.74, 6) is 1.60. The largest absolute Gasteiger partial charge is 0.494 e. The van der Waals surface area contributed by atoms with Crippen molar-refractivity contribution in [3.05, 3.63) is 54.6 Å². The van der Waals surface area contributed by atoms with Crippen LogP contribution in [0.15, 0.2) is 53.4 Å². The number of hydrogen-bond donors (Lipinski definition) is 1. The Morgan fingerprint density at radius 3 is 2.61 bits per heavy atom. The van der Waals surface area contributed by atoms with Gasteiger partial charge in [-0.15, -0.1) is 0 Å². The molecule has 7 heteroatoms. The van der Waals surface area contributed by atoms with Crippen molar-refractivity contribution in [3.63, 3.8) is 0 Å². The quantitative estimate of drug-likeness (QED) is 0.575. The van der Waals surface area contributed by atoms with E-state index in [9.17, 15) is 4.79 Å². The number of furan rings is 1. The Morgan fingerprint density at radius 1 is 1.18 bits per heavy atom. The Bertz CT molecular complexity index is 1150. The van der Waals surface area contributed by atoms with Gasteiger partial charge in [0.1, 0.15) is 11.3 Å². The number of ether oxygens (including phenoxy) is 1. The molecule has 4 rings (SSSR count). The van der Waals surface area contributed by atoms with Crippen LogP contribution in [0, 0.1) is 6.92 Å². The molecular weight excluding hydrogens is 356 g/mol. The summed E-state index contributed by atoms with van der Waals surface area (Å²) in [6.07, 6.45) is 5.00. The maximum absolute atomic E-state index is 11.6. The summed E-state index contributed by atoms with van der Waals surface area (Å²) < 4.78 is 10.8. The molecule has 0 saturated carbocycles. The van der Waals surface area contributed by atoms with Crippen LogP contribution in [0.2, 0.25) is 0 Å². The van der Waals surface area contributed by atoms with Crippen LogP contribution in [0.4, 0.5) is 5.69 Å². The maximum atomic E-state index is 11.6. The number of methoxy groups -OCH3 is 1. The molecule has 1 N–H and O–H groups in total. The number of fused-ring (bicyclic) bond motifs is 1. The van der Waals surface area contributed by atoms with Crippen molar-refractivity contribution in [2.45, 2.75) is 13.8 Å². The molecule has 0 fully saturated rings. The number of carbonyl (C=O) groups is 1. The minimum absolute atomic E-state index is 0.142. The molecule has 3 heterocycles. The van der Waals surface area contributed by atoms with E-state index in [0.717, 1.165) is 16.5 Å². The predicted octanol–water partition coefficient (Wildman–Crippen LogP) is 4.23. The van der Waals surface area contributed by atoms with Gasteiger partial charge in [-0.2, -0.15) is 0 Å². The molecule has 0 radical (unpaired) electrons. The number of nitrogens with zero attached hydrogens (tertiary/aromatic N) is 3. The highest BCUT2D eigenvalue weighted by atomic mass is 16.5. The van der Waals surface area contributed by atoms with Crippen molar-refractivity contribution in [2.75, 3.05) is 12.4 Å². The van der Waals surface area contributed by atoms with Gasteiger partial charge in [-0.05, 0) is 42.8 Å². The van der Waals surface area contributed by atoms with Gasteiger partial charge in [0.15, 0.2) is 11.6 Å². The molecule has 28 heavy (non-hydrogen) atoms. The fraction of sp³-hybridized carbons (Fsp3) is 0.143. The number of nitrogens with one attached hydrogen (secondary N) is 1. The number of rotatable bonds is 4. The van der Waals surface area contributed by atoms with E-state index >= 15 is 0 Å². The van der Waals surface area contributed by atoms with E-state index in [1.54, 1.807) is 37.9 Å². The van der Waals surface area contributed by atoms with Gasteiger partial charge in [0.05, 0.1) is 24.8 Å². The fourth-order valence-electron chi connectivity index (χ4n) is 3.11. The van der Waals surface area contributed by atoms with Crippen molar-refractivity contribution < 1.29 is 13.9 Å². The first kappa shape index (κ1) is 17.7. The molecule has 0 aliphatic heterocycles. The van der Waals surface area contributed by atoms with Gasteiger partial charge in [-0.1, -0.05) is 0 Å². The van der Waals surface area contributed by atoms with E-state index in [0.29, 0.717) is 34.2 Å². The molecular formula is C21H18N4O3. The first-order valence-electron chi connectivity index (χ1n) is 8.69. The minimum Gasteiger partial charge on any atom is -0.494 e. The molecule has 1 aromatic carbocycles. The van der Waals surface area contributed by atoms with Gasteiger partial charge in [-0.25, -0.2) is 15.0 Å². The van der Waals surface area contributed by atoms with Crippen LogP contribution in [-0.2, 0) is 4.79 Å². The zero-order chi connectivity index (χ0) is 19.7. The number of hydrogen-bond acceptors (Lipinski definition) is 6. The second kappa shape index (κ2) is 7.11. The average Bonchev–Trinajstić information content (AvgIpc) is 3.22. The third-order valence-electron chi connectivity index (χ3n) is 4.34. The summed E-state index contributed by atoms with van der Waals surface area (Å²) in [6, 6.07) is 9.15. The highest BCUT2D eigenvalue weighted by molar-refractivity contribution is 6.04. The molecule has 0 aliphatic rings. The average molecular weight is 374 g/mol. The third kappa shape index (κ3) is 3.18. The number of amides is 1. The van der Waals surface area contributed by atoms with Crippen molar-refractivity contribution >= 4 is 22.5 Å². The molecule has 0 saturated heterocycles. The molecule has 0 bridgehead atoms. The van der Waals surface area contributed by atoms with E-state index in [1.807, 2.05) is 25.1 Å². The number of carbonyl (C=O) groups excluding carboxylic acids is 1. The summed E-state index contributed by atoms with van der Waals surface area (Å²) in [5, 5.41) is 3.69. The van der Waals surface area contributed by atoms with Gasteiger partial charge in [0.25, 0.3) is 0 Å². The van der Waals surface area contributed by atoms with Crippen LogP contribution in [0.5, 0.6) is 5.75 Å². The lowest BCUT2D eigenvalue weighted by molar-refractivity contribution is -0.114. The normalized spacial score (nSPS) is 10.8. The second-order valence-electron chi connectivity index (χ2n) is 6.32. The molecule has 1 amide bonds. The summed E-state index contributed by atoms with van der Waals surface area (Å²) >= 11 is 0. The molecule has 0 atom stereocenters. The molecule has 0 spiro atoms. The first-order valence-corrected chi connectivity index (χ1v) is 8.69. The highest BCUT2D eigenvalue weighted by Gasteiger charge is 2.15.